The largest absolute Gasteiger partial charge is 0.465 e. The average Bonchev–Trinajstić information content (AvgIpc) is 2.46. The maximum Gasteiger partial charge on any atom is 0.340 e. The van der Waals surface area contributed by atoms with Crippen molar-refractivity contribution in [2.45, 2.75) is 6.04 Å². The lowest BCUT2D eigenvalue weighted by atomic mass is 10.1. The van der Waals surface area contributed by atoms with E-state index in [-0.39, 0.29) is 23.9 Å². The summed E-state index contributed by atoms with van der Waals surface area (Å²) in [5, 5.41) is 9.36. The Morgan fingerprint density at radius 1 is 1.74 bits per heavy atom. The first-order valence-electron chi connectivity index (χ1n) is 5.97. The molecular formula is C12H17N3O4. The van der Waals surface area contributed by atoms with Crippen LogP contribution in [0.3, 0.4) is 0 Å². The highest BCUT2D eigenvalue weighted by Crippen LogP contribution is 2.27. The molecule has 7 nitrogen and oxygen atoms in total. The van der Waals surface area contributed by atoms with Crippen molar-refractivity contribution >= 4 is 17.5 Å². The number of hydrogen-bond donors (Lipinski definition) is 2. The number of pyridine rings is 1. The van der Waals surface area contributed by atoms with Crippen LogP contribution in [0.2, 0.25) is 0 Å². The Balaban J connectivity index is 2.36. The second kappa shape index (κ2) is 5.85. The van der Waals surface area contributed by atoms with E-state index in [9.17, 15) is 9.90 Å². The van der Waals surface area contributed by atoms with Gasteiger partial charge in [0.1, 0.15) is 0 Å². The van der Waals surface area contributed by atoms with Gasteiger partial charge >= 0.3 is 5.97 Å². The minimum Gasteiger partial charge on any atom is -0.465 e. The highest BCUT2D eigenvalue weighted by atomic mass is 16.5. The Morgan fingerprint density at radius 2 is 2.53 bits per heavy atom. The molecule has 1 saturated heterocycles. The van der Waals surface area contributed by atoms with Crippen molar-refractivity contribution in [2.24, 2.45) is 0 Å². The van der Waals surface area contributed by atoms with Crippen LogP contribution in [0.1, 0.15) is 10.4 Å². The molecule has 1 aromatic rings. The van der Waals surface area contributed by atoms with Crippen molar-refractivity contribution in [3.63, 3.8) is 0 Å². The number of morpholine rings is 1. The molecule has 1 atom stereocenters. The average molecular weight is 267 g/mol. The maximum absolute atomic E-state index is 11.6. The van der Waals surface area contributed by atoms with Gasteiger partial charge in [0.15, 0.2) is 5.82 Å². The molecule has 0 bridgehead atoms. The molecule has 2 rings (SSSR count). The van der Waals surface area contributed by atoms with Gasteiger partial charge in [-0.05, 0) is 6.07 Å². The number of nitrogens with two attached hydrogens (primary N) is 1. The zero-order valence-electron chi connectivity index (χ0n) is 10.7. The molecule has 1 aromatic heterocycles. The van der Waals surface area contributed by atoms with Gasteiger partial charge < -0.3 is 25.2 Å². The maximum atomic E-state index is 11.6. The summed E-state index contributed by atoms with van der Waals surface area (Å²) in [6.07, 6.45) is 1.50. The molecule has 1 aliphatic rings. The van der Waals surface area contributed by atoms with Gasteiger partial charge in [-0.2, -0.15) is 0 Å². The van der Waals surface area contributed by atoms with E-state index in [4.69, 9.17) is 10.5 Å². The fourth-order valence-electron chi connectivity index (χ4n) is 2.06. The highest BCUT2D eigenvalue weighted by molar-refractivity contribution is 5.97. The summed E-state index contributed by atoms with van der Waals surface area (Å²) in [5.41, 5.74) is 6.51. The van der Waals surface area contributed by atoms with Crippen molar-refractivity contribution in [2.75, 3.05) is 44.1 Å². The Bertz CT molecular complexity index is 466. The van der Waals surface area contributed by atoms with Gasteiger partial charge in [-0.15, -0.1) is 0 Å². The number of nitrogens with zero attached hydrogens (tertiary/aromatic N) is 2. The predicted molar refractivity (Wildman–Crippen MR) is 69.0 cm³/mol. The second-order valence-corrected chi connectivity index (χ2v) is 4.19. The number of aliphatic hydroxyl groups excluding tert-OH is 1. The van der Waals surface area contributed by atoms with Crippen molar-refractivity contribution in [3.05, 3.63) is 17.8 Å². The zero-order chi connectivity index (χ0) is 13.8. The minimum atomic E-state index is -0.505. The number of methoxy groups -OCH3 is 1. The highest BCUT2D eigenvalue weighted by Gasteiger charge is 2.26. The van der Waals surface area contributed by atoms with E-state index in [0.29, 0.717) is 25.6 Å². The van der Waals surface area contributed by atoms with Crippen LogP contribution in [0, 0.1) is 0 Å². The van der Waals surface area contributed by atoms with Crippen LogP contribution < -0.4 is 10.6 Å². The SMILES string of the molecule is COC(=O)c1ccnc(N2CCOCC2CO)c1N. The molecule has 19 heavy (non-hydrogen) atoms. The summed E-state index contributed by atoms with van der Waals surface area (Å²) in [6, 6.07) is 1.30. The van der Waals surface area contributed by atoms with Crippen LogP contribution in [-0.2, 0) is 9.47 Å². The molecule has 0 radical (unpaired) electrons. The zero-order valence-corrected chi connectivity index (χ0v) is 10.7. The van der Waals surface area contributed by atoms with Gasteiger partial charge in [0.25, 0.3) is 0 Å². The summed E-state index contributed by atoms with van der Waals surface area (Å²) >= 11 is 0. The monoisotopic (exact) mass is 267 g/mol. The number of anilines is 2. The first-order valence-corrected chi connectivity index (χ1v) is 5.97. The van der Waals surface area contributed by atoms with Crippen molar-refractivity contribution in [1.82, 2.24) is 4.98 Å². The summed E-state index contributed by atoms with van der Waals surface area (Å²) in [4.78, 5) is 17.7. The molecule has 2 heterocycles. The van der Waals surface area contributed by atoms with Crippen LogP contribution in [0.15, 0.2) is 12.3 Å². The number of carbonyl (C=O) groups is 1. The molecule has 0 aromatic carbocycles. The number of hydrogen-bond acceptors (Lipinski definition) is 7. The van der Waals surface area contributed by atoms with Crippen LogP contribution in [0.4, 0.5) is 11.5 Å². The van der Waals surface area contributed by atoms with Gasteiger partial charge in [-0.3, -0.25) is 0 Å². The van der Waals surface area contributed by atoms with Gasteiger partial charge in [0.2, 0.25) is 0 Å². The number of nitrogen functional groups attached to an aromatic ring is 1. The predicted octanol–water partition coefficient (Wildman–Crippen LogP) is -0.352. The molecule has 0 saturated carbocycles. The van der Waals surface area contributed by atoms with Crippen molar-refractivity contribution < 1.29 is 19.4 Å². The number of aliphatic hydroxyl groups is 1. The standard InChI is InChI=1S/C12H17N3O4/c1-18-12(17)9-2-3-14-11(10(9)13)15-4-5-19-7-8(15)6-16/h2-3,8,16H,4-7,13H2,1H3. The van der Waals surface area contributed by atoms with Crippen LogP contribution in [0.5, 0.6) is 0 Å². The van der Waals surface area contributed by atoms with Crippen molar-refractivity contribution in [1.29, 1.82) is 0 Å². The van der Waals surface area contributed by atoms with Crippen LogP contribution >= 0.6 is 0 Å². The first-order chi connectivity index (χ1) is 9.19. The van der Waals surface area contributed by atoms with E-state index < -0.39 is 5.97 Å². The van der Waals surface area contributed by atoms with E-state index >= 15 is 0 Å². The molecule has 0 amide bonds. The summed E-state index contributed by atoms with van der Waals surface area (Å²) in [7, 11) is 1.30. The Morgan fingerprint density at radius 3 is 3.21 bits per heavy atom. The van der Waals surface area contributed by atoms with Gasteiger partial charge in [-0.1, -0.05) is 0 Å². The lowest BCUT2D eigenvalue weighted by Gasteiger charge is -2.36. The van der Waals surface area contributed by atoms with Gasteiger partial charge in [0, 0.05) is 12.7 Å². The summed E-state index contributed by atoms with van der Waals surface area (Å²) in [6.45, 7) is 1.43. The lowest BCUT2D eigenvalue weighted by molar-refractivity contribution is 0.0601. The Labute approximate surface area is 110 Å². The fourth-order valence-corrected chi connectivity index (χ4v) is 2.06. The summed E-state index contributed by atoms with van der Waals surface area (Å²) in [5.74, 6) is -0.0276. The third kappa shape index (κ3) is 2.61. The number of esters is 1. The topological polar surface area (TPSA) is 97.9 Å². The number of rotatable bonds is 3. The third-order valence-corrected chi connectivity index (χ3v) is 3.08. The quantitative estimate of drug-likeness (QED) is 0.722. The van der Waals surface area contributed by atoms with Crippen LogP contribution in [-0.4, -0.2) is 55.6 Å². The number of ether oxygens (including phenoxy) is 2. The van der Waals surface area contributed by atoms with Gasteiger partial charge in [-0.25, -0.2) is 9.78 Å². The van der Waals surface area contributed by atoms with E-state index in [1.165, 1.54) is 19.4 Å². The molecule has 3 N–H and O–H groups in total. The normalized spacial score (nSPS) is 19.3. The Kier molecular flexibility index (Phi) is 4.18. The van der Waals surface area contributed by atoms with E-state index in [1.54, 1.807) is 0 Å². The smallest absolute Gasteiger partial charge is 0.340 e. The molecule has 1 fully saturated rings. The number of aromatic nitrogens is 1. The van der Waals surface area contributed by atoms with E-state index in [0.717, 1.165) is 0 Å². The molecule has 0 spiro atoms. The fraction of sp³-hybridized carbons (Fsp3) is 0.500. The minimum absolute atomic E-state index is 0.0659. The lowest BCUT2D eigenvalue weighted by Crippen LogP contribution is -2.48. The molecule has 1 aliphatic heterocycles. The van der Waals surface area contributed by atoms with E-state index in [1.807, 2.05) is 4.90 Å². The molecule has 104 valence electrons. The van der Waals surface area contributed by atoms with Crippen LogP contribution in [0.25, 0.3) is 0 Å². The second-order valence-electron chi connectivity index (χ2n) is 4.19. The number of carbonyl (C=O) groups excluding carboxylic acids is 1. The third-order valence-electron chi connectivity index (χ3n) is 3.08. The Hall–Kier alpha value is -1.86. The van der Waals surface area contributed by atoms with Crippen molar-refractivity contribution in [3.8, 4) is 0 Å². The summed E-state index contributed by atoms with van der Waals surface area (Å²) < 4.78 is 9.97. The molecule has 0 aliphatic carbocycles. The molecule has 7 heteroatoms. The molecule has 1 unspecified atom stereocenters. The van der Waals surface area contributed by atoms with Gasteiger partial charge in [0.05, 0.1) is 44.2 Å². The first kappa shape index (κ1) is 13.6. The molecular weight excluding hydrogens is 250 g/mol. The van der Waals surface area contributed by atoms with E-state index in [2.05, 4.69) is 9.72 Å².